The van der Waals surface area contributed by atoms with Crippen LogP contribution in [-0.2, 0) is 16.1 Å². The van der Waals surface area contributed by atoms with Crippen LogP contribution in [0.5, 0.6) is 0 Å². The first-order valence-corrected chi connectivity index (χ1v) is 9.26. The van der Waals surface area contributed by atoms with E-state index in [2.05, 4.69) is 17.2 Å². The third-order valence-corrected chi connectivity index (χ3v) is 5.00. The monoisotopic (exact) mass is 345 g/mol. The Kier molecular flexibility index (Phi) is 6.57. The number of hydrogen-bond acceptors (Lipinski definition) is 3. The predicted molar refractivity (Wildman–Crippen MR) is 98.6 cm³/mol. The van der Waals surface area contributed by atoms with Gasteiger partial charge in [0.25, 0.3) is 0 Å². The van der Waals surface area contributed by atoms with E-state index in [4.69, 9.17) is 0 Å². The summed E-state index contributed by atoms with van der Waals surface area (Å²) in [6, 6.07) is 3.83. The third kappa shape index (κ3) is 5.55. The predicted octanol–water partition coefficient (Wildman–Crippen LogP) is 3.01. The summed E-state index contributed by atoms with van der Waals surface area (Å²) in [6.07, 6.45) is 5.93. The van der Waals surface area contributed by atoms with Gasteiger partial charge in [0.15, 0.2) is 0 Å². The fraction of sp³-hybridized carbons (Fsp3) is 0.650. The van der Waals surface area contributed by atoms with Gasteiger partial charge in [0.05, 0.1) is 0 Å². The highest BCUT2D eigenvalue weighted by atomic mass is 16.2. The highest BCUT2D eigenvalue weighted by Crippen LogP contribution is 2.31. The van der Waals surface area contributed by atoms with Crippen LogP contribution in [0.1, 0.15) is 52.5 Å². The quantitative estimate of drug-likeness (QED) is 0.892. The Morgan fingerprint density at radius 1 is 1.32 bits per heavy atom. The van der Waals surface area contributed by atoms with Crippen LogP contribution in [-0.4, -0.2) is 34.8 Å². The first-order valence-electron chi connectivity index (χ1n) is 9.26. The maximum atomic E-state index is 12.5. The van der Waals surface area contributed by atoms with Crippen molar-refractivity contribution in [2.75, 3.05) is 13.1 Å². The molecule has 0 bridgehead atoms. The molecule has 2 rings (SSSR count). The molecule has 5 nitrogen and oxygen atoms in total. The summed E-state index contributed by atoms with van der Waals surface area (Å²) in [4.78, 5) is 30.9. The van der Waals surface area contributed by atoms with Crippen molar-refractivity contribution < 1.29 is 9.59 Å². The lowest BCUT2D eigenvalue weighted by Crippen LogP contribution is -2.48. The molecule has 1 fully saturated rings. The minimum absolute atomic E-state index is 0.0860. The minimum atomic E-state index is -0.341. The molecular weight excluding hydrogens is 314 g/mol. The Balaban J connectivity index is 1.86. The van der Waals surface area contributed by atoms with E-state index in [1.54, 1.807) is 12.4 Å². The van der Waals surface area contributed by atoms with Gasteiger partial charge in [-0.15, -0.1) is 0 Å². The molecule has 1 aromatic heterocycles. The Hall–Kier alpha value is -1.91. The van der Waals surface area contributed by atoms with E-state index in [1.807, 2.05) is 37.8 Å². The molecule has 138 valence electrons. The number of nitrogens with zero attached hydrogens (tertiary/aromatic N) is 2. The van der Waals surface area contributed by atoms with Crippen molar-refractivity contribution >= 4 is 11.8 Å². The number of carbonyl (C=O) groups is 2. The van der Waals surface area contributed by atoms with Gasteiger partial charge < -0.3 is 10.2 Å². The summed E-state index contributed by atoms with van der Waals surface area (Å²) < 4.78 is 0. The topological polar surface area (TPSA) is 62.3 Å². The van der Waals surface area contributed by atoms with Gasteiger partial charge in [-0.3, -0.25) is 14.6 Å². The fourth-order valence-corrected chi connectivity index (χ4v) is 3.48. The molecule has 1 aliphatic heterocycles. The first-order chi connectivity index (χ1) is 11.8. The molecule has 2 amide bonds. The molecule has 2 atom stereocenters. The zero-order chi connectivity index (χ0) is 18.4. The molecule has 25 heavy (non-hydrogen) atoms. The lowest BCUT2D eigenvalue weighted by Gasteiger charge is -2.40. The first kappa shape index (κ1) is 19.4. The van der Waals surface area contributed by atoms with Gasteiger partial charge in [-0.2, -0.15) is 0 Å². The number of nitrogens with one attached hydrogen (secondary N) is 1. The van der Waals surface area contributed by atoms with Crippen LogP contribution >= 0.6 is 0 Å². The van der Waals surface area contributed by atoms with Crippen LogP contribution in [0.25, 0.3) is 0 Å². The van der Waals surface area contributed by atoms with Gasteiger partial charge >= 0.3 is 0 Å². The Morgan fingerprint density at radius 3 is 2.68 bits per heavy atom. The van der Waals surface area contributed by atoms with E-state index in [-0.39, 0.29) is 17.2 Å². The van der Waals surface area contributed by atoms with Crippen molar-refractivity contribution in [3.8, 4) is 0 Å². The second kappa shape index (κ2) is 8.45. The van der Waals surface area contributed by atoms with E-state index in [0.29, 0.717) is 24.8 Å². The fourth-order valence-electron chi connectivity index (χ4n) is 3.48. The van der Waals surface area contributed by atoms with Crippen molar-refractivity contribution in [2.45, 2.75) is 53.5 Å². The summed E-state index contributed by atoms with van der Waals surface area (Å²) in [6.45, 7) is 10.1. The summed E-state index contributed by atoms with van der Waals surface area (Å²) in [5.74, 6) is 1.04. The number of piperidine rings is 1. The van der Waals surface area contributed by atoms with Crippen molar-refractivity contribution in [1.82, 2.24) is 15.2 Å². The van der Waals surface area contributed by atoms with E-state index in [9.17, 15) is 9.59 Å². The van der Waals surface area contributed by atoms with Gasteiger partial charge in [-0.05, 0) is 29.9 Å². The molecule has 2 heterocycles. The number of rotatable bonds is 5. The van der Waals surface area contributed by atoms with Crippen molar-refractivity contribution in [3.05, 3.63) is 30.1 Å². The summed E-state index contributed by atoms with van der Waals surface area (Å²) >= 11 is 0. The lowest BCUT2D eigenvalue weighted by atomic mass is 9.80. The number of hydrogen-bond donors (Lipinski definition) is 1. The van der Waals surface area contributed by atoms with E-state index in [1.165, 1.54) is 0 Å². The SMILES string of the molecule is CCC1CN(C(=O)C(C)(C)C)CCC1CC(=O)NCc1cccnc1. The molecular formula is C20H31N3O2. The molecule has 0 radical (unpaired) electrons. The van der Waals surface area contributed by atoms with Gasteiger partial charge in [0.2, 0.25) is 11.8 Å². The van der Waals surface area contributed by atoms with Crippen LogP contribution in [0.15, 0.2) is 24.5 Å². The number of amides is 2. The Morgan fingerprint density at radius 2 is 2.08 bits per heavy atom. The molecule has 1 N–H and O–H groups in total. The Labute approximate surface area is 151 Å². The number of pyridine rings is 1. The van der Waals surface area contributed by atoms with Crippen LogP contribution in [0, 0.1) is 17.3 Å². The van der Waals surface area contributed by atoms with E-state index in [0.717, 1.165) is 31.5 Å². The van der Waals surface area contributed by atoms with Crippen LogP contribution in [0.3, 0.4) is 0 Å². The average Bonchev–Trinajstić information content (AvgIpc) is 2.59. The highest BCUT2D eigenvalue weighted by Gasteiger charge is 2.35. The number of aromatic nitrogens is 1. The van der Waals surface area contributed by atoms with Gasteiger partial charge in [0.1, 0.15) is 0 Å². The molecule has 0 spiro atoms. The lowest BCUT2D eigenvalue weighted by molar-refractivity contribution is -0.142. The molecule has 1 saturated heterocycles. The van der Waals surface area contributed by atoms with Crippen molar-refractivity contribution in [1.29, 1.82) is 0 Å². The summed E-state index contributed by atoms with van der Waals surface area (Å²) in [5, 5.41) is 2.99. The third-order valence-electron chi connectivity index (χ3n) is 5.00. The van der Waals surface area contributed by atoms with Gasteiger partial charge in [-0.1, -0.05) is 40.2 Å². The molecule has 5 heteroatoms. The average molecular weight is 345 g/mol. The molecule has 0 saturated carbocycles. The van der Waals surface area contributed by atoms with Crippen molar-refractivity contribution in [2.24, 2.45) is 17.3 Å². The number of likely N-dealkylation sites (tertiary alicyclic amines) is 1. The zero-order valence-corrected chi connectivity index (χ0v) is 15.9. The van der Waals surface area contributed by atoms with Crippen LogP contribution < -0.4 is 5.32 Å². The van der Waals surface area contributed by atoms with Crippen LogP contribution in [0.4, 0.5) is 0 Å². The van der Waals surface area contributed by atoms with Crippen LogP contribution in [0.2, 0.25) is 0 Å². The summed E-state index contributed by atoms with van der Waals surface area (Å²) in [5.41, 5.74) is 0.667. The number of carbonyl (C=O) groups excluding carboxylic acids is 2. The molecule has 0 aliphatic carbocycles. The molecule has 1 aromatic rings. The maximum Gasteiger partial charge on any atom is 0.227 e. The van der Waals surface area contributed by atoms with E-state index < -0.39 is 0 Å². The molecule has 2 unspecified atom stereocenters. The van der Waals surface area contributed by atoms with Gasteiger partial charge in [-0.25, -0.2) is 0 Å². The molecule has 0 aromatic carbocycles. The van der Waals surface area contributed by atoms with Gasteiger partial charge in [0, 0.05) is 43.9 Å². The summed E-state index contributed by atoms with van der Waals surface area (Å²) in [7, 11) is 0. The zero-order valence-electron chi connectivity index (χ0n) is 15.9. The minimum Gasteiger partial charge on any atom is -0.352 e. The maximum absolute atomic E-state index is 12.5. The standard InChI is InChI=1S/C20H31N3O2/c1-5-16-14-23(19(25)20(2,3)4)10-8-17(16)11-18(24)22-13-15-7-6-9-21-12-15/h6-7,9,12,16-17H,5,8,10-11,13-14H2,1-4H3,(H,22,24). The molecule has 1 aliphatic rings. The van der Waals surface area contributed by atoms with E-state index >= 15 is 0 Å². The normalized spacial score (nSPS) is 21.0. The highest BCUT2D eigenvalue weighted by molar-refractivity contribution is 5.81. The van der Waals surface area contributed by atoms with Crippen molar-refractivity contribution in [3.63, 3.8) is 0 Å². The Bertz CT molecular complexity index is 580. The second-order valence-corrected chi connectivity index (χ2v) is 8.06. The second-order valence-electron chi connectivity index (χ2n) is 8.06. The smallest absolute Gasteiger partial charge is 0.227 e. The largest absolute Gasteiger partial charge is 0.352 e.